The summed E-state index contributed by atoms with van der Waals surface area (Å²) < 4.78 is 5.76. The molecule has 1 aliphatic rings. The number of piperidine rings is 1. The first-order chi connectivity index (χ1) is 11.1. The van der Waals surface area contributed by atoms with E-state index in [1.807, 2.05) is 42.2 Å². The number of hydrogen-bond donors (Lipinski definition) is 2. The van der Waals surface area contributed by atoms with Gasteiger partial charge in [-0.2, -0.15) is 0 Å². The number of rotatable bonds is 7. The minimum absolute atomic E-state index is 0.0790. The van der Waals surface area contributed by atoms with E-state index in [2.05, 4.69) is 5.32 Å². The molecule has 1 aromatic rings. The van der Waals surface area contributed by atoms with E-state index in [-0.39, 0.29) is 24.4 Å². The van der Waals surface area contributed by atoms with Crippen LogP contribution in [0, 0.1) is 0 Å². The van der Waals surface area contributed by atoms with Crippen LogP contribution >= 0.6 is 0 Å². The number of nitrogens with two attached hydrogens (primary N) is 1. The zero-order valence-electron chi connectivity index (χ0n) is 13.5. The van der Waals surface area contributed by atoms with Gasteiger partial charge in [-0.1, -0.05) is 25.1 Å². The van der Waals surface area contributed by atoms with E-state index in [0.29, 0.717) is 12.2 Å². The predicted molar refractivity (Wildman–Crippen MR) is 87.9 cm³/mol. The Morgan fingerprint density at radius 2 is 1.96 bits per heavy atom. The van der Waals surface area contributed by atoms with Crippen molar-refractivity contribution in [2.75, 3.05) is 19.6 Å². The fourth-order valence-corrected chi connectivity index (χ4v) is 2.74. The standard InChI is InChI=1S/C17H25N3O3/c1-2-15(23-14-6-4-3-5-7-14)17(22)19-13-8-10-20(11-9-13)12-16(18)21/h3-7,13,15H,2,8-12H2,1H3,(H2,18,21)(H,19,22). The highest BCUT2D eigenvalue weighted by molar-refractivity contribution is 5.81. The minimum atomic E-state index is -0.485. The van der Waals surface area contributed by atoms with E-state index >= 15 is 0 Å². The van der Waals surface area contributed by atoms with E-state index in [1.165, 1.54) is 0 Å². The zero-order valence-corrected chi connectivity index (χ0v) is 13.5. The summed E-state index contributed by atoms with van der Waals surface area (Å²) in [7, 11) is 0. The van der Waals surface area contributed by atoms with Gasteiger partial charge in [0.25, 0.3) is 5.91 Å². The molecule has 1 aromatic carbocycles. The third kappa shape index (κ3) is 5.56. The maximum absolute atomic E-state index is 12.4. The molecule has 0 bridgehead atoms. The molecule has 2 rings (SSSR count). The van der Waals surface area contributed by atoms with Crippen molar-refractivity contribution < 1.29 is 14.3 Å². The SMILES string of the molecule is CCC(Oc1ccccc1)C(=O)NC1CCN(CC(N)=O)CC1. The molecule has 0 aromatic heterocycles. The topological polar surface area (TPSA) is 84.7 Å². The van der Waals surface area contributed by atoms with E-state index in [9.17, 15) is 9.59 Å². The van der Waals surface area contributed by atoms with Gasteiger partial charge in [-0.3, -0.25) is 14.5 Å². The van der Waals surface area contributed by atoms with Crippen molar-refractivity contribution in [3.63, 3.8) is 0 Å². The minimum Gasteiger partial charge on any atom is -0.481 e. The first kappa shape index (κ1) is 17.3. The van der Waals surface area contributed by atoms with Gasteiger partial charge in [0, 0.05) is 19.1 Å². The summed E-state index contributed by atoms with van der Waals surface area (Å²) in [4.78, 5) is 25.3. The van der Waals surface area contributed by atoms with Gasteiger partial charge in [-0.25, -0.2) is 0 Å². The average molecular weight is 319 g/mol. The first-order valence-corrected chi connectivity index (χ1v) is 8.11. The lowest BCUT2D eigenvalue weighted by Crippen LogP contribution is -2.49. The molecule has 0 spiro atoms. The maximum Gasteiger partial charge on any atom is 0.261 e. The Balaban J connectivity index is 1.80. The molecule has 6 nitrogen and oxygen atoms in total. The highest BCUT2D eigenvalue weighted by Crippen LogP contribution is 2.14. The molecule has 0 aliphatic carbocycles. The molecule has 2 amide bonds. The Morgan fingerprint density at radius 3 is 2.52 bits per heavy atom. The number of benzene rings is 1. The smallest absolute Gasteiger partial charge is 0.261 e. The zero-order chi connectivity index (χ0) is 16.7. The molecule has 1 aliphatic heterocycles. The summed E-state index contributed by atoms with van der Waals surface area (Å²) in [6, 6.07) is 9.49. The molecule has 1 unspecified atom stereocenters. The molecule has 1 heterocycles. The van der Waals surface area contributed by atoms with Gasteiger partial charge in [-0.15, -0.1) is 0 Å². The highest BCUT2D eigenvalue weighted by Gasteiger charge is 2.25. The third-order valence-corrected chi connectivity index (χ3v) is 4.00. The monoisotopic (exact) mass is 319 g/mol. The fraction of sp³-hybridized carbons (Fsp3) is 0.529. The van der Waals surface area contributed by atoms with Gasteiger partial charge >= 0.3 is 0 Å². The van der Waals surface area contributed by atoms with Gasteiger partial charge in [0.05, 0.1) is 6.54 Å². The largest absolute Gasteiger partial charge is 0.481 e. The van der Waals surface area contributed by atoms with Crippen LogP contribution < -0.4 is 15.8 Å². The van der Waals surface area contributed by atoms with Crippen LogP contribution in [0.2, 0.25) is 0 Å². The quantitative estimate of drug-likeness (QED) is 0.782. The molecule has 6 heteroatoms. The van der Waals surface area contributed by atoms with Crippen molar-refractivity contribution in [1.82, 2.24) is 10.2 Å². The second-order valence-electron chi connectivity index (χ2n) is 5.85. The number of primary amides is 1. The third-order valence-electron chi connectivity index (χ3n) is 4.00. The lowest BCUT2D eigenvalue weighted by atomic mass is 10.0. The predicted octanol–water partition coefficient (Wildman–Crippen LogP) is 0.910. The summed E-state index contributed by atoms with van der Waals surface area (Å²) in [6.45, 7) is 3.76. The maximum atomic E-state index is 12.4. The van der Waals surface area contributed by atoms with Crippen LogP contribution in [0.15, 0.2) is 30.3 Å². The number of amides is 2. The van der Waals surface area contributed by atoms with Crippen LogP contribution in [0.5, 0.6) is 5.75 Å². The second-order valence-corrected chi connectivity index (χ2v) is 5.85. The molecule has 0 saturated carbocycles. The lowest BCUT2D eigenvalue weighted by Gasteiger charge is -2.32. The Hall–Kier alpha value is -2.08. The van der Waals surface area contributed by atoms with Crippen LogP contribution in [-0.2, 0) is 9.59 Å². The Morgan fingerprint density at radius 1 is 1.30 bits per heavy atom. The Kier molecular flexibility index (Phi) is 6.40. The van der Waals surface area contributed by atoms with Crippen molar-refractivity contribution in [3.05, 3.63) is 30.3 Å². The van der Waals surface area contributed by atoms with Gasteiger partial charge < -0.3 is 15.8 Å². The van der Waals surface area contributed by atoms with E-state index < -0.39 is 6.10 Å². The fourth-order valence-electron chi connectivity index (χ4n) is 2.74. The van der Waals surface area contributed by atoms with Crippen LogP contribution in [0.4, 0.5) is 0 Å². The van der Waals surface area contributed by atoms with Gasteiger partial charge in [0.2, 0.25) is 5.91 Å². The number of nitrogens with one attached hydrogen (secondary N) is 1. The summed E-state index contributed by atoms with van der Waals surface area (Å²) in [5, 5.41) is 3.06. The molecule has 1 fully saturated rings. The van der Waals surface area contributed by atoms with Crippen LogP contribution in [0.1, 0.15) is 26.2 Å². The molecule has 126 valence electrons. The van der Waals surface area contributed by atoms with Crippen LogP contribution in [0.25, 0.3) is 0 Å². The first-order valence-electron chi connectivity index (χ1n) is 8.11. The molecular formula is C17H25N3O3. The van der Waals surface area contributed by atoms with E-state index in [4.69, 9.17) is 10.5 Å². The van der Waals surface area contributed by atoms with E-state index in [0.717, 1.165) is 25.9 Å². The van der Waals surface area contributed by atoms with Gasteiger partial charge in [0.15, 0.2) is 6.10 Å². The molecule has 3 N–H and O–H groups in total. The number of carbonyl (C=O) groups is 2. The number of likely N-dealkylation sites (tertiary alicyclic amines) is 1. The number of para-hydroxylation sites is 1. The summed E-state index contributed by atoms with van der Waals surface area (Å²) in [5.74, 6) is 0.310. The summed E-state index contributed by atoms with van der Waals surface area (Å²) >= 11 is 0. The van der Waals surface area contributed by atoms with Crippen molar-refractivity contribution in [2.45, 2.75) is 38.3 Å². The Bertz CT molecular complexity index is 513. The van der Waals surface area contributed by atoms with Crippen LogP contribution in [0.3, 0.4) is 0 Å². The lowest BCUT2D eigenvalue weighted by molar-refractivity contribution is -0.129. The second kappa shape index (κ2) is 8.53. The Labute approximate surface area is 137 Å². The molecular weight excluding hydrogens is 294 g/mol. The van der Waals surface area contributed by atoms with Crippen molar-refractivity contribution in [2.24, 2.45) is 5.73 Å². The number of hydrogen-bond acceptors (Lipinski definition) is 4. The van der Waals surface area contributed by atoms with E-state index in [1.54, 1.807) is 0 Å². The molecule has 1 atom stereocenters. The van der Waals surface area contributed by atoms with Gasteiger partial charge in [0.1, 0.15) is 5.75 Å². The van der Waals surface area contributed by atoms with Crippen molar-refractivity contribution in [3.8, 4) is 5.75 Å². The van der Waals surface area contributed by atoms with Gasteiger partial charge in [-0.05, 0) is 31.4 Å². The summed E-state index contributed by atoms with van der Waals surface area (Å²) in [5.41, 5.74) is 5.20. The van der Waals surface area contributed by atoms with Crippen LogP contribution in [-0.4, -0.2) is 48.5 Å². The van der Waals surface area contributed by atoms with Crippen molar-refractivity contribution >= 4 is 11.8 Å². The van der Waals surface area contributed by atoms with Crippen molar-refractivity contribution in [1.29, 1.82) is 0 Å². The number of carbonyl (C=O) groups excluding carboxylic acids is 2. The molecule has 1 saturated heterocycles. The normalized spacial score (nSPS) is 17.4. The highest BCUT2D eigenvalue weighted by atomic mass is 16.5. The molecule has 23 heavy (non-hydrogen) atoms. The average Bonchev–Trinajstić information content (AvgIpc) is 2.55. The summed E-state index contributed by atoms with van der Waals surface area (Å²) in [6.07, 6.45) is 1.77. The number of ether oxygens (including phenoxy) is 1. The number of nitrogens with zero attached hydrogens (tertiary/aromatic N) is 1. The molecule has 0 radical (unpaired) electrons.